The molecule has 0 saturated carbocycles. The molecule has 0 saturated heterocycles. The summed E-state index contributed by atoms with van der Waals surface area (Å²) in [5.74, 6) is -0.417. The van der Waals surface area contributed by atoms with Gasteiger partial charge in [0.1, 0.15) is 12.6 Å². The molecule has 0 bridgehead atoms. The lowest BCUT2D eigenvalue weighted by Crippen LogP contribution is -2.52. The Kier molecular flexibility index (Phi) is 11.2. The Morgan fingerprint density at radius 3 is 2.11 bits per heavy atom. The maximum absolute atomic E-state index is 13.7. The molecule has 0 unspecified atom stereocenters. The van der Waals surface area contributed by atoms with E-state index in [4.69, 9.17) is 11.6 Å². The van der Waals surface area contributed by atoms with Crippen molar-refractivity contribution in [1.29, 1.82) is 0 Å². The first kappa shape index (κ1) is 29.6. The SMILES string of the molecule is CCCCNC(=O)[C@@H](CC)N(Cc1ccc(Cl)cc1)C(=O)CN(c1ccc(C(C)C)cc1)S(C)(=O)=O. The van der Waals surface area contributed by atoms with Crippen LogP contribution in [0.5, 0.6) is 0 Å². The molecule has 0 aliphatic rings. The van der Waals surface area contributed by atoms with Crippen molar-refractivity contribution < 1.29 is 18.0 Å². The molecule has 1 N–H and O–H groups in total. The monoisotopic (exact) mass is 535 g/mol. The van der Waals surface area contributed by atoms with Crippen LogP contribution in [0.25, 0.3) is 0 Å². The summed E-state index contributed by atoms with van der Waals surface area (Å²) in [6.07, 6.45) is 3.24. The van der Waals surface area contributed by atoms with Crippen molar-refractivity contribution in [3.05, 3.63) is 64.7 Å². The zero-order valence-electron chi connectivity index (χ0n) is 21.8. The standard InChI is InChI=1S/C27H38ClN3O4S/c1-6-8-17-29-27(33)25(7-2)30(18-21-9-13-23(28)14-10-21)26(32)19-31(36(5,34)35)24-15-11-22(12-16-24)20(3)4/h9-16,20,25H,6-8,17-19H2,1-5H3,(H,29,33)/t25-/m1/s1. The predicted octanol–water partition coefficient (Wildman–Crippen LogP) is 4.95. The van der Waals surface area contributed by atoms with Crippen LogP contribution in [0.2, 0.25) is 5.02 Å². The van der Waals surface area contributed by atoms with Crippen molar-refractivity contribution in [2.75, 3.05) is 23.7 Å². The third-order valence-corrected chi connectivity index (χ3v) is 7.40. The molecule has 1 atom stereocenters. The Bertz CT molecular complexity index is 1100. The third-order valence-electron chi connectivity index (χ3n) is 6.01. The normalized spacial score (nSPS) is 12.3. The van der Waals surface area contributed by atoms with Gasteiger partial charge in [-0.1, -0.05) is 70.0 Å². The zero-order valence-corrected chi connectivity index (χ0v) is 23.4. The van der Waals surface area contributed by atoms with Crippen molar-refractivity contribution in [1.82, 2.24) is 10.2 Å². The average molecular weight is 536 g/mol. The van der Waals surface area contributed by atoms with Crippen LogP contribution in [0.1, 0.15) is 64.0 Å². The first-order valence-electron chi connectivity index (χ1n) is 12.4. The minimum atomic E-state index is -3.76. The molecule has 36 heavy (non-hydrogen) atoms. The van der Waals surface area contributed by atoms with E-state index in [-0.39, 0.29) is 12.5 Å². The number of benzene rings is 2. The van der Waals surface area contributed by atoms with E-state index in [9.17, 15) is 18.0 Å². The summed E-state index contributed by atoms with van der Waals surface area (Å²) in [5.41, 5.74) is 2.26. The minimum absolute atomic E-state index is 0.152. The largest absolute Gasteiger partial charge is 0.354 e. The highest BCUT2D eigenvalue weighted by atomic mass is 35.5. The number of nitrogens with zero attached hydrogens (tertiary/aromatic N) is 2. The van der Waals surface area contributed by atoms with Crippen molar-refractivity contribution in [2.45, 2.75) is 65.5 Å². The summed E-state index contributed by atoms with van der Waals surface area (Å²) in [5, 5.41) is 3.48. The van der Waals surface area contributed by atoms with Crippen molar-refractivity contribution >= 4 is 39.1 Å². The van der Waals surface area contributed by atoms with E-state index in [0.29, 0.717) is 29.6 Å². The summed E-state index contributed by atoms with van der Waals surface area (Å²) in [6.45, 7) is 8.24. The van der Waals surface area contributed by atoms with Crippen LogP contribution in [-0.2, 0) is 26.2 Å². The summed E-state index contributed by atoms with van der Waals surface area (Å²) < 4.78 is 26.5. The molecule has 0 spiro atoms. The lowest BCUT2D eigenvalue weighted by Gasteiger charge is -2.33. The number of anilines is 1. The molecule has 0 heterocycles. The van der Waals surface area contributed by atoms with Gasteiger partial charge in [-0.2, -0.15) is 0 Å². The molecule has 0 aromatic heterocycles. The first-order chi connectivity index (χ1) is 17.0. The lowest BCUT2D eigenvalue weighted by molar-refractivity contribution is -0.140. The zero-order chi connectivity index (χ0) is 26.9. The minimum Gasteiger partial charge on any atom is -0.354 e. The highest BCUT2D eigenvalue weighted by Crippen LogP contribution is 2.23. The van der Waals surface area contributed by atoms with E-state index < -0.39 is 28.5 Å². The maximum atomic E-state index is 13.7. The van der Waals surface area contributed by atoms with Crippen LogP contribution in [0.3, 0.4) is 0 Å². The van der Waals surface area contributed by atoms with Gasteiger partial charge in [0, 0.05) is 18.1 Å². The predicted molar refractivity (Wildman–Crippen MR) is 147 cm³/mol. The molecule has 0 aliphatic carbocycles. The van der Waals surface area contributed by atoms with Crippen molar-refractivity contribution in [2.24, 2.45) is 0 Å². The number of hydrogen-bond acceptors (Lipinski definition) is 4. The summed E-state index contributed by atoms with van der Waals surface area (Å²) in [4.78, 5) is 28.2. The van der Waals surface area contributed by atoms with E-state index in [0.717, 1.165) is 34.5 Å². The second-order valence-electron chi connectivity index (χ2n) is 9.23. The molecule has 9 heteroatoms. The molecule has 0 radical (unpaired) electrons. The van der Waals surface area contributed by atoms with E-state index >= 15 is 0 Å². The summed E-state index contributed by atoms with van der Waals surface area (Å²) in [6, 6.07) is 13.4. The molecule has 0 aliphatic heterocycles. The molecular weight excluding hydrogens is 498 g/mol. The molecule has 2 rings (SSSR count). The van der Waals surface area contributed by atoms with Gasteiger partial charge in [-0.25, -0.2) is 8.42 Å². The van der Waals surface area contributed by atoms with Crippen LogP contribution in [0, 0.1) is 0 Å². The van der Waals surface area contributed by atoms with E-state index in [1.165, 1.54) is 4.90 Å². The highest BCUT2D eigenvalue weighted by Gasteiger charge is 2.31. The fourth-order valence-corrected chi connectivity index (χ4v) is 4.83. The van der Waals surface area contributed by atoms with Gasteiger partial charge < -0.3 is 10.2 Å². The van der Waals surface area contributed by atoms with Crippen molar-refractivity contribution in [3.8, 4) is 0 Å². The van der Waals surface area contributed by atoms with Gasteiger partial charge in [-0.05, 0) is 54.2 Å². The van der Waals surface area contributed by atoms with Gasteiger partial charge >= 0.3 is 0 Å². The van der Waals surface area contributed by atoms with Gasteiger partial charge in [0.25, 0.3) is 0 Å². The quantitative estimate of drug-likeness (QED) is 0.367. The van der Waals surface area contributed by atoms with Crippen LogP contribution in [0.15, 0.2) is 48.5 Å². The second-order valence-corrected chi connectivity index (χ2v) is 11.6. The van der Waals surface area contributed by atoms with Crippen LogP contribution in [-0.4, -0.2) is 50.5 Å². The molecule has 2 amide bonds. The number of sulfonamides is 1. The number of hydrogen-bond donors (Lipinski definition) is 1. The number of unbranched alkanes of at least 4 members (excludes halogenated alkanes) is 1. The van der Waals surface area contributed by atoms with Gasteiger partial charge in [0.15, 0.2) is 0 Å². The summed E-state index contributed by atoms with van der Waals surface area (Å²) >= 11 is 6.02. The van der Waals surface area contributed by atoms with E-state index in [2.05, 4.69) is 19.2 Å². The second kappa shape index (κ2) is 13.7. The van der Waals surface area contributed by atoms with Crippen molar-refractivity contribution in [3.63, 3.8) is 0 Å². The van der Waals surface area contributed by atoms with Gasteiger partial charge in [0.2, 0.25) is 21.8 Å². The third kappa shape index (κ3) is 8.52. The Morgan fingerprint density at radius 1 is 1.00 bits per heavy atom. The van der Waals surface area contributed by atoms with E-state index in [1.807, 2.05) is 26.0 Å². The smallest absolute Gasteiger partial charge is 0.244 e. The Labute approximate surface area is 220 Å². The fourth-order valence-electron chi connectivity index (χ4n) is 3.85. The van der Waals surface area contributed by atoms with Gasteiger partial charge in [-0.15, -0.1) is 0 Å². The molecular formula is C27H38ClN3O4S. The molecule has 2 aromatic rings. The average Bonchev–Trinajstić information content (AvgIpc) is 2.83. The summed E-state index contributed by atoms with van der Waals surface area (Å²) in [7, 11) is -3.76. The topological polar surface area (TPSA) is 86.8 Å². The number of carbonyl (C=O) groups is 2. The first-order valence-corrected chi connectivity index (χ1v) is 14.6. The van der Waals surface area contributed by atoms with E-state index in [1.54, 1.807) is 36.4 Å². The number of halogens is 1. The number of amides is 2. The Morgan fingerprint density at radius 2 is 1.61 bits per heavy atom. The molecule has 7 nitrogen and oxygen atoms in total. The van der Waals surface area contributed by atoms with Gasteiger partial charge in [-0.3, -0.25) is 13.9 Å². The highest BCUT2D eigenvalue weighted by molar-refractivity contribution is 7.92. The number of rotatable bonds is 13. The Hall–Kier alpha value is -2.58. The number of nitrogens with one attached hydrogen (secondary N) is 1. The molecule has 2 aromatic carbocycles. The molecule has 0 fully saturated rings. The lowest BCUT2D eigenvalue weighted by atomic mass is 10.0. The van der Waals surface area contributed by atoms with Crippen LogP contribution in [0.4, 0.5) is 5.69 Å². The van der Waals surface area contributed by atoms with Crippen LogP contribution >= 0.6 is 11.6 Å². The van der Waals surface area contributed by atoms with Crippen LogP contribution < -0.4 is 9.62 Å². The Balaban J connectivity index is 2.39. The van der Waals surface area contributed by atoms with Gasteiger partial charge in [0.05, 0.1) is 11.9 Å². The molecule has 198 valence electrons. The fraction of sp³-hybridized carbons (Fsp3) is 0.481. The number of carbonyl (C=O) groups excluding carboxylic acids is 2. The maximum Gasteiger partial charge on any atom is 0.244 e.